The van der Waals surface area contributed by atoms with E-state index in [0.29, 0.717) is 32.2 Å². The predicted molar refractivity (Wildman–Crippen MR) is 380 cm³/mol. The molecule has 13 amide bonds. The highest BCUT2D eigenvalue weighted by Gasteiger charge is 2.39. The van der Waals surface area contributed by atoms with Crippen LogP contribution in [0.15, 0.2) is 0 Å². The van der Waals surface area contributed by atoms with E-state index in [9.17, 15) is 92.0 Å². The molecule has 23 N–H and O–H groups in total. The molecule has 12 unspecified atom stereocenters. The van der Waals surface area contributed by atoms with Crippen molar-refractivity contribution in [2.45, 2.75) is 278 Å². The van der Waals surface area contributed by atoms with E-state index in [-0.39, 0.29) is 119 Å². The lowest BCUT2D eigenvalue weighted by Crippen LogP contribution is -2.61. The van der Waals surface area contributed by atoms with Crippen LogP contribution in [0.3, 0.4) is 0 Å². The number of primary amides is 1. The third kappa shape index (κ3) is 40.7. The van der Waals surface area contributed by atoms with Crippen LogP contribution in [-0.2, 0) is 76.7 Å². The number of nitrogens with one attached hydrogen (secondary N) is 12. The zero-order valence-corrected chi connectivity index (χ0v) is 62.4. The first kappa shape index (κ1) is 94.4. The SMILES string of the molecule is CC(=O)NC(CCCCN)C(=O)NC(CC(C)C)C(=O)NC(CC(=O)O)C(=O)NC(CC(C)C)C(=O)NC(CCCCN)C(=O)NC(CC(C)C)C(=O)NC(CC(=O)O)C(=O)NC(CC(C)C)C(=O)NC(CCCCN)C(=O)NC(CC(C)C)C(=O)NC(CC(=O)O)C(=O)NC(CC(C)C)C(N)=O. The van der Waals surface area contributed by atoms with Crippen molar-refractivity contribution in [3.63, 3.8) is 0 Å². The van der Waals surface area contributed by atoms with Crippen LogP contribution in [0.1, 0.15) is 206 Å². The number of carboxylic acids is 3. The van der Waals surface area contributed by atoms with Crippen molar-refractivity contribution in [2.24, 2.45) is 58.4 Å². The lowest BCUT2D eigenvalue weighted by molar-refractivity contribution is -0.142. The zero-order valence-electron chi connectivity index (χ0n) is 62.4. The number of unbranched alkanes of at least 4 members (excludes halogenated alkanes) is 3. The standard InChI is InChI=1S/C68H122N16O19/c1-35(2)26-45(57(72)92)76-66(101)51(32-54(86)87)82-64(99)49(30-39(9)10)78-59(94)43(21-15-18-24-70)74-62(97)47(28-37(5)6)81-68(103)53(34-56(90)91)84-65(100)50(31-40(11)12)79-60(95)44(22-16-19-25-71)75-61(96)46(27-36(3)4)80-67(102)52(33-55(88)89)83-63(98)48(29-38(7)8)77-58(93)42(73-41(13)85)20-14-17-23-69/h35-40,42-53H,14-34,69-71H2,1-13H3,(H2,72,92)(H,73,85)(H,74,97)(H,75,96)(H,76,101)(H,77,93)(H,78,94)(H,79,95)(H,80,102)(H,81,103)(H,82,99)(H,83,98)(H,84,100)(H,86,87)(H,88,89)(H,90,91). The maximum absolute atomic E-state index is 14.5. The lowest BCUT2D eigenvalue weighted by atomic mass is 9.99. The van der Waals surface area contributed by atoms with Gasteiger partial charge in [-0.3, -0.25) is 76.7 Å². The summed E-state index contributed by atoms with van der Waals surface area (Å²) < 4.78 is 0. The van der Waals surface area contributed by atoms with E-state index >= 15 is 0 Å². The Labute approximate surface area is 604 Å². The van der Waals surface area contributed by atoms with E-state index in [1.807, 2.05) is 0 Å². The molecule has 0 aromatic rings. The van der Waals surface area contributed by atoms with Crippen molar-refractivity contribution >= 4 is 94.7 Å². The van der Waals surface area contributed by atoms with Crippen LogP contribution in [0.25, 0.3) is 0 Å². The molecule has 0 aromatic carbocycles. The highest BCUT2D eigenvalue weighted by atomic mass is 16.4. The van der Waals surface area contributed by atoms with Crippen LogP contribution in [0.2, 0.25) is 0 Å². The van der Waals surface area contributed by atoms with E-state index in [0.717, 1.165) is 0 Å². The van der Waals surface area contributed by atoms with Gasteiger partial charge in [0.05, 0.1) is 19.3 Å². The molecule has 0 aliphatic heterocycles. The van der Waals surface area contributed by atoms with Gasteiger partial charge >= 0.3 is 17.9 Å². The molecule has 35 nitrogen and oxygen atoms in total. The van der Waals surface area contributed by atoms with Crippen molar-refractivity contribution in [2.75, 3.05) is 19.6 Å². The highest BCUT2D eigenvalue weighted by molar-refractivity contribution is 6.01. The summed E-state index contributed by atoms with van der Waals surface area (Å²) in [6.07, 6.45) is -1.02. The van der Waals surface area contributed by atoms with Crippen LogP contribution in [0, 0.1) is 35.5 Å². The van der Waals surface area contributed by atoms with E-state index in [1.54, 1.807) is 83.1 Å². The third-order valence-electron chi connectivity index (χ3n) is 15.9. The maximum Gasteiger partial charge on any atom is 0.305 e. The predicted octanol–water partition coefficient (Wildman–Crippen LogP) is -1.60. The molecule has 0 bridgehead atoms. The maximum atomic E-state index is 14.5. The Morgan fingerprint density at radius 1 is 0.252 bits per heavy atom. The molecule has 12 atom stereocenters. The van der Waals surface area contributed by atoms with Gasteiger partial charge in [0.25, 0.3) is 0 Å². The van der Waals surface area contributed by atoms with E-state index in [2.05, 4.69) is 63.8 Å². The lowest BCUT2D eigenvalue weighted by Gasteiger charge is -2.29. The number of hydrogen-bond donors (Lipinski definition) is 19. The van der Waals surface area contributed by atoms with Gasteiger partial charge in [0, 0.05) is 6.92 Å². The molecule has 0 fully saturated rings. The van der Waals surface area contributed by atoms with E-state index in [1.165, 1.54) is 6.92 Å². The number of carbonyl (C=O) groups excluding carboxylic acids is 13. The average Bonchev–Trinajstić information content (AvgIpc) is 0.861. The molecular formula is C68H122N16O19. The van der Waals surface area contributed by atoms with Crippen molar-refractivity contribution < 1.29 is 92.0 Å². The van der Waals surface area contributed by atoms with Crippen LogP contribution < -0.4 is 86.7 Å². The fourth-order valence-electron chi connectivity index (χ4n) is 10.9. The Hall–Kier alpha value is -8.60. The minimum Gasteiger partial charge on any atom is -0.481 e. The van der Waals surface area contributed by atoms with E-state index in [4.69, 9.17) is 22.9 Å². The Balaban J connectivity index is 7.17. The topological polar surface area (TPSA) is 582 Å². The molecule has 0 heterocycles. The van der Waals surface area contributed by atoms with Gasteiger partial charge in [-0.15, -0.1) is 0 Å². The fourth-order valence-corrected chi connectivity index (χ4v) is 10.9. The first-order valence-electron chi connectivity index (χ1n) is 35.7. The summed E-state index contributed by atoms with van der Waals surface area (Å²) in [5, 5.41) is 59.9. The first-order valence-corrected chi connectivity index (χ1v) is 35.7. The number of rotatable bonds is 54. The van der Waals surface area contributed by atoms with E-state index < -0.39 is 186 Å². The number of nitrogens with two attached hydrogens (primary N) is 4. The molecule has 0 rings (SSSR count). The summed E-state index contributed by atoms with van der Waals surface area (Å²) >= 11 is 0. The van der Waals surface area contributed by atoms with Crippen molar-refractivity contribution in [1.29, 1.82) is 0 Å². The minimum absolute atomic E-state index is 0.0198. The highest BCUT2D eigenvalue weighted by Crippen LogP contribution is 2.16. The van der Waals surface area contributed by atoms with Crippen LogP contribution in [-0.4, -0.2) is 202 Å². The molecule has 0 radical (unpaired) electrons. The molecule has 0 aliphatic rings. The average molecular weight is 1470 g/mol. The molecule has 0 spiro atoms. The molecule has 0 aromatic heterocycles. The van der Waals surface area contributed by atoms with Gasteiger partial charge in [0.15, 0.2) is 0 Å². The molecule has 35 heteroatoms. The number of hydrogen-bond acceptors (Lipinski definition) is 19. The summed E-state index contributed by atoms with van der Waals surface area (Å²) in [6, 6.07) is -17.9. The number of carboxylic acid groups (broad SMARTS) is 3. The summed E-state index contributed by atoms with van der Waals surface area (Å²) in [5.74, 6) is -18.5. The quantitative estimate of drug-likeness (QED) is 0.0305. The Bertz CT molecular complexity index is 2800. The van der Waals surface area contributed by atoms with Crippen molar-refractivity contribution in [3.05, 3.63) is 0 Å². The largest absolute Gasteiger partial charge is 0.481 e. The second kappa shape index (κ2) is 49.9. The van der Waals surface area contributed by atoms with Crippen LogP contribution in [0.4, 0.5) is 0 Å². The molecular weight excluding hydrogens is 1340 g/mol. The van der Waals surface area contributed by atoms with Gasteiger partial charge < -0.3 is 102 Å². The monoisotopic (exact) mass is 1470 g/mol. The first-order chi connectivity index (χ1) is 48.0. The third-order valence-corrected chi connectivity index (χ3v) is 15.9. The summed E-state index contributed by atoms with van der Waals surface area (Å²) in [5.41, 5.74) is 22.7. The summed E-state index contributed by atoms with van der Waals surface area (Å²) in [6.45, 7) is 22.5. The van der Waals surface area contributed by atoms with Crippen molar-refractivity contribution in [1.82, 2.24) is 63.8 Å². The Kier molecular flexibility index (Phi) is 45.7. The van der Waals surface area contributed by atoms with Gasteiger partial charge in [-0.2, -0.15) is 0 Å². The molecule has 103 heavy (non-hydrogen) atoms. The molecule has 0 saturated heterocycles. The smallest absolute Gasteiger partial charge is 0.305 e. The number of amides is 13. The second-order valence-corrected chi connectivity index (χ2v) is 28.8. The fraction of sp³-hybridized carbons (Fsp3) is 0.765. The van der Waals surface area contributed by atoms with Gasteiger partial charge in [-0.05, 0) is 151 Å². The van der Waals surface area contributed by atoms with Gasteiger partial charge in [0.1, 0.15) is 72.5 Å². The summed E-state index contributed by atoms with van der Waals surface area (Å²) in [7, 11) is 0. The molecule has 588 valence electrons. The zero-order chi connectivity index (χ0) is 79.0. The normalized spacial score (nSPS) is 14.9. The number of aliphatic carboxylic acids is 3. The second-order valence-electron chi connectivity index (χ2n) is 28.8. The number of carbonyl (C=O) groups is 16. The van der Waals surface area contributed by atoms with Crippen molar-refractivity contribution in [3.8, 4) is 0 Å². The molecule has 0 aliphatic carbocycles. The van der Waals surface area contributed by atoms with Gasteiger partial charge in [0.2, 0.25) is 76.8 Å². The van der Waals surface area contributed by atoms with Gasteiger partial charge in [-0.1, -0.05) is 83.1 Å². The Morgan fingerprint density at radius 2 is 0.417 bits per heavy atom. The molecule has 0 saturated carbocycles. The summed E-state index contributed by atoms with van der Waals surface area (Å²) in [4.78, 5) is 216. The van der Waals surface area contributed by atoms with Crippen LogP contribution in [0.5, 0.6) is 0 Å². The minimum atomic E-state index is -1.92. The van der Waals surface area contributed by atoms with Gasteiger partial charge in [-0.25, -0.2) is 0 Å². The van der Waals surface area contributed by atoms with Crippen LogP contribution >= 0.6 is 0 Å². The Morgan fingerprint density at radius 3 is 0.602 bits per heavy atom.